The quantitative estimate of drug-likeness (QED) is 0.469. The summed E-state index contributed by atoms with van der Waals surface area (Å²) >= 11 is 0. The van der Waals surface area contributed by atoms with Crippen molar-refractivity contribution in [2.24, 2.45) is 5.10 Å². The van der Waals surface area contributed by atoms with Crippen LogP contribution >= 0.6 is 0 Å². The highest BCUT2D eigenvalue weighted by Gasteiger charge is 2.08. The van der Waals surface area contributed by atoms with E-state index in [-0.39, 0.29) is 11.7 Å². The molecule has 3 aromatic rings. The standard InChI is InChI=1S/C21H16FN3O3/c22-17-9-5-14(6-10-17)20(27)24-18-11-7-15(8-12-18)21(28)25-23-13-16-3-1-2-4-19(16)26/h1-13,26H,(H,24,27)(H,25,28). The molecule has 28 heavy (non-hydrogen) atoms. The molecule has 3 N–H and O–H groups in total. The Labute approximate surface area is 160 Å². The summed E-state index contributed by atoms with van der Waals surface area (Å²) in [7, 11) is 0. The van der Waals surface area contributed by atoms with Crippen LogP contribution in [0, 0.1) is 5.82 Å². The minimum atomic E-state index is -0.442. The predicted molar refractivity (Wildman–Crippen MR) is 104 cm³/mol. The number of phenols is 1. The van der Waals surface area contributed by atoms with Crippen LogP contribution in [0.3, 0.4) is 0 Å². The molecule has 0 unspecified atom stereocenters. The van der Waals surface area contributed by atoms with Gasteiger partial charge in [-0.2, -0.15) is 5.10 Å². The average molecular weight is 377 g/mol. The molecule has 0 aliphatic heterocycles. The van der Waals surface area contributed by atoms with Crippen molar-refractivity contribution in [2.45, 2.75) is 0 Å². The normalized spacial score (nSPS) is 10.6. The Morgan fingerprint density at radius 3 is 2.14 bits per heavy atom. The molecule has 0 aromatic heterocycles. The molecule has 0 aliphatic carbocycles. The first-order chi connectivity index (χ1) is 13.5. The third kappa shape index (κ3) is 4.79. The summed E-state index contributed by atoms with van der Waals surface area (Å²) < 4.78 is 12.9. The number of halogens is 1. The molecular formula is C21H16FN3O3. The second kappa shape index (κ2) is 8.59. The molecule has 140 valence electrons. The number of nitrogens with one attached hydrogen (secondary N) is 2. The van der Waals surface area contributed by atoms with Gasteiger partial charge in [0.2, 0.25) is 0 Å². The second-order valence-electron chi connectivity index (χ2n) is 5.80. The Morgan fingerprint density at radius 1 is 0.857 bits per heavy atom. The third-order valence-corrected chi connectivity index (χ3v) is 3.82. The van der Waals surface area contributed by atoms with E-state index in [2.05, 4.69) is 15.8 Å². The lowest BCUT2D eigenvalue weighted by molar-refractivity contribution is 0.0954. The number of amides is 2. The maximum atomic E-state index is 12.9. The molecular weight excluding hydrogens is 361 g/mol. The lowest BCUT2D eigenvalue weighted by Crippen LogP contribution is -2.18. The van der Waals surface area contributed by atoms with E-state index in [1.807, 2.05) is 0 Å². The maximum Gasteiger partial charge on any atom is 0.271 e. The molecule has 6 nitrogen and oxygen atoms in total. The molecule has 3 aromatic carbocycles. The summed E-state index contributed by atoms with van der Waals surface area (Å²) in [6.07, 6.45) is 1.34. The van der Waals surface area contributed by atoms with Gasteiger partial charge in [-0.15, -0.1) is 0 Å². The number of carbonyl (C=O) groups excluding carboxylic acids is 2. The van der Waals surface area contributed by atoms with Gasteiger partial charge in [-0.05, 0) is 60.7 Å². The number of anilines is 1. The fourth-order valence-electron chi connectivity index (χ4n) is 2.33. The highest BCUT2D eigenvalue weighted by atomic mass is 19.1. The fraction of sp³-hybridized carbons (Fsp3) is 0. The van der Waals surface area contributed by atoms with Gasteiger partial charge in [0.1, 0.15) is 11.6 Å². The summed E-state index contributed by atoms with van der Waals surface area (Å²) in [6.45, 7) is 0. The zero-order valence-electron chi connectivity index (χ0n) is 14.6. The van der Waals surface area contributed by atoms with Crippen LogP contribution in [0.25, 0.3) is 0 Å². The number of para-hydroxylation sites is 1. The van der Waals surface area contributed by atoms with Crippen LogP contribution < -0.4 is 10.7 Å². The lowest BCUT2D eigenvalue weighted by Gasteiger charge is -2.06. The smallest absolute Gasteiger partial charge is 0.271 e. The van der Waals surface area contributed by atoms with Crippen molar-refractivity contribution in [3.63, 3.8) is 0 Å². The average Bonchev–Trinajstić information content (AvgIpc) is 2.70. The number of hydrazone groups is 1. The number of benzene rings is 3. The highest BCUT2D eigenvalue weighted by molar-refractivity contribution is 6.04. The van der Waals surface area contributed by atoms with Crippen LogP contribution in [-0.4, -0.2) is 23.1 Å². The van der Waals surface area contributed by atoms with Crippen LogP contribution in [0.1, 0.15) is 26.3 Å². The number of aromatic hydroxyl groups is 1. The molecule has 7 heteroatoms. The predicted octanol–water partition coefficient (Wildman–Crippen LogP) is 3.55. The van der Waals surface area contributed by atoms with Gasteiger partial charge < -0.3 is 10.4 Å². The number of hydrogen-bond acceptors (Lipinski definition) is 4. The molecule has 0 aliphatic rings. The van der Waals surface area contributed by atoms with E-state index < -0.39 is 11.7 Å². The topological polar surface area (TPSA) is 90.8 Å². The van der Waals surface area contributed by atoms with Crippen molar-refractivity contribution in [3.05, 3.63) is 95.3 Å². The zero-order valence-corrected chi connectivity index (χ0v) is 14.6. The summed E-state index contributed by atoms with van der Waals surface area (Å²) in [5, 5.41) is 16.1. The van der Waals surface area contributed by atoms with Crippen molar-refractivity contribution < 1.29 is 19.1 Å². The maximum absolute atomic E-state index is 12.9. The van der Waals surface area contributed by atoms with Crippen LogP contribution in [0.5, 0.6) is 5.75 Å². The Balaban J connectivity index is 1.59. The third-order valence-electron chi connectivity index (χ3n) is 3.82. The molecule has 2 amide bonds. The van der Waals surface area contributed by atoms with E-state index in [9.17, 15) is 19.1 Å². The van der Waals surface area contributed by atoms with Gasteiger partial charge in [0.05, 0.1) is 6.21 Å². The van der Waals surface area contributed by atoms with E-state index in [1.165, 1.54) is 48.7 Å². The minimum Gasteiger partial charge on any atom is -0.507 e. The van der Waals surface area contributed by atoms with Crippen molar-refractivity contribution in [2.75, 3.05) is 5.32 Å². The first-order valence-electron chi connectivity index (χ1n) is 8.31. The fourth-order valence-corrected chi connectivity index (χ4v) is 2.33. The van der Waals surface area contributed by atoms with Gasteiger partial charge in [-0.1, -0.05) is 12.1 Å². The number of hydrogen-bond donors (Lipinski definition) is 3. The number of carbonyl (C=O) groups is 2. The molecule has 0 atom stereocenters. The summed E-state index contributed by atoms with van der Waals surface area (Å²) in [5.41, 5.74) is 3.99. The number of nitrogens with zero attached hydrogens (tertiary/aromatic N) is 1. The van der Waals surface area contributed by atoms with Gasteiger partial charge in [-0.3, -0.25) is 9.59 Å². The van der Waals surface area contributed by atoms with Gasteiger partial charge in [-0.25, -0.2) is 9.82 Å². The Hall–Kier alpha value is -4.00. The molecule has 0 bridgehead atoms. The van der Waals surface area contributed by atoms with Gasteiger partial charge in [0, 0.05) is 22.4 Å². The minimum absolute atomic E-state index is 0.0572. The van der Waals surface area contributed by atoms with Crippen molar-refractivity contribution >= 4 is 23.7 Å². The van der Waals surface area contributed by atoms with Crippen LogP contribution in [0.4, 0.5) is 10.1 Å². The largest absolute Gasteiger partial charge is 0.507 e. The van der Waals surface area contributed by atoms with E-state index >= 15 is 0 Å². The van der Waals surface area contributed by atoms with Crippen LogP contribution in [-0.2, 0) is 0 Å². The molecule has 3 rings (SSSR count). The van der Waals surface area contributed by atoms with Crippen molar-refractivity contribution in [1.29, 1.82) is 0 Å². The zero-order chi connectivity index (χ0) is 19.9. The van der Waals surface area contributed by atoms with Gasteiger partial charge in [0.15, 0.2) is 0 Å². The Bertz CT molecular complexity index is 1020. The first-order valence-corrected chi connectivity index (χ1v) is 8.31. The lowest BCUT2D eigenvalue weighted by atomic mass is 10.1. The monoisotopic (exact) mass is 377 g/mol. The number of phenolic OH excluding ortho intramolecular Hbond substituents is 1. The summed E-state index contributed by atoms with van der Waals surface area (Å²) in [5.74, 6) is -1.19. The first kappa shape index (κ1) is 18.8. The van der Waals surface area contributed by atoms with Crippen molar-refractivity contribution in [1.82, 2.24) is 5.43 Å². The van der Waals surface area contributed by atoms with E-state index in [4.69, 9.17) is 0 Å². The van der Waals surface area contributed by atoms with E-state index in [0.29, 0.717) is 22.4 Å². The molecule has 0 fully saturated rings. The summed E-state index contributed by atoms with van der Waals surface area (Å²) in [4.78, 5) is 24.2. The van der Waals surface area contributed by atoms with Gasteiger partial charge in [0.25, 0.3) is 11.8 Å². The molecule has 0 radical (unpaired) electrons. The van der Waals surface area contributed by atoms with Crippen LogP contribution in [0.15, 0.2) is 77.9 Å². The van der Waals surface area contributed by atoms with Crippen LogP contribution in [0.2, 0.25) is 0 Å². The Morgan fingerprint density at radius 2 is 1.46 bits per heavy atom. The van der Waals surface area contributed by atoms with Crippen molar-refractivity contribution in [3.8, 4) is 5.75 Å². The van der Waals surface area contributed by atoms with E-state index in [0.717, 1.165) is 0 Å². The summed E-state index contributed by atoms with van der Waals surface area (Å²) in [6, 6.07) is 18.0. The van der Waals surface area contributed by atoms with E-state index in [1.54, 1.807) is 30.3 Å². The molecule has 0 saturated carbocycles. The molecule has 0 heterocycles. The second-order valence-corrected chi connectivity index (χ2v) is 5.80. The Kier molecular flexibility index (Phi) is 5.76. The SMILES string of the molecule is O=C(NN=Cc1ccccc1O)c1ccc(NC(=O)c2ccc(F)cc2)cc1. The van der Waals surface area contributed by atoms with Gasteiger partial charge >= 0.3 is 0 Å². The number of rotatable bonds is 5. The highest BCUT2D eigenvalue weighted by Crippen LogP contribution is 2.13. The molecule has 0 saturated heterocycles. The molecule has 0 spiro atoms.